The van der Waals surface area contributed by atoms with Crippen LogP contribution >= 0.6 is 0 Å². The van der Waals surface area contributed by atoms with Crippen molar-refractivity contribution in [2.45, 2.75) is 24.7 Å². The van der Waals surface area contributed by atoms with Gasteiger partial charge in [-0.05, 0) is 18.9 Å². The molecule has 1 aliphatic rings. The molecule has 0 aromatic carbocycles. The lowest BCUT2D eigenvalue weighted by Crippen LogP contribution is -2.33. The Bertz CT molecular complexity index is 525. The lowest BCUT2D eigenvalue weighted by molar-refractivity contribution is 0.148. The topological polar surface area (TPSA) is 71.5 Å². The van der Waals surface area contributed by atoms with E-state index < -0.39 is 10.0 Å². The van der Waals surface area contributed by atoms with Gasteiger partial charge in [-0.25, -0.2) is 8.42 Å². The molecule has 2 heterocycles. The Morgan fingerprint density at radius 1 is 1.40 bits per heavy atom. The molecule has 0 amide bonds. The fourth-order valence-corrected chi connectivity index (χ4v) is 3.67. The number of nitrogens with zero attached hydrogens (tertiary/aromatic N) is 2. The molecule has 112 valence electrons. The standard InChI is InChI=1S/C13H21N3O3S/c1-2-5-15-12-4-6-14-11-13(12)20(17,18)16-7-3-9-19-10-8-16/h4,6,11H,2-3,5,7-10H2,1H3,(H,14,15). The first kappa shape index (κ1) is 15.2. The van der Waals surface area contributed by atoms with Crippen molar-refractivity contribution < 1.29 is 13.2 Å². The van der Waals surface area contributed by atoms with Crippen molar-refractivity contribution in [1.82, 2.24) is 9.29 Å². The summed E-state index contributed by atoms with van der Waals surface area (Å²) in [5.74, 6) is 0. The third-order valence-electron chi connectivity index (χ3n) is 3.15. The average Bonchev–Trinajstić information content (AvgIpc) is 2.75. The highest BCUT2D eigenvalue weighted by Gasteiger charge is 2.27. The molecule has 1 aromatic rings. The molecule has 1 saturated heterocycles. The van der Waals surface area contributed by atoms with Crippen molar-refractivity contribution in [2.24, 2.45) is 0 Å². The van der Waals surface area contributed by atoms with Gasteiger partial charge in [0.15, 0.2) is 0 Å². The number of rotatable bonds is 5. The van der Waals surface area contributed by atoms with Crippen molar-refractivity contribution in [3.8, 4) is 0 Å². The fourth-order valence-electron chi connectivity index (χ4n) is 2.09. The Balaban J connectivity index is 2.28. The molecule has 0 atom stereocenters. The number of nitrogens with one attached hydrogen (secondary N) is 1. The predicted octanol–water partition coefficient (Wildman–Crippen LogP) is 1.31. The second kappa shape index (κ2) is 7.01. The van der Waals surface area contributed by atoms with Crippen LogP contribution in [0.3, 0.4) is 0 Å². The summed E-state index contributed by atoms with van der Waals surface area (Å²) >= 11 is 0. The van der Waals surface area contributed by atoms with Gasteiger partial charge in [-0.3, -0.25) is 4.98 Å². The van der Waals surface area contributed by atoms with Crippen LogP contribution in [0.15, 0.2) is 23.4 Å². The van der Waals surface area contributed by atoms with Crippen molar-refractivity contribution in [3.05, 3.63) is 18.5 Å². The molecule has 0 unspecified atom stereocenters. The normalized spacial score (nSPS) is 17.6. The van der Waals surface area contributed by atoms with Crippen molar-refractivity contribution >= 4 is 15.7 Å². The molecule has 6 nitrogen and oxygen atoms in total. The summed E-state index contributed by atoms with van der Waals surface area (Å²) < 4.78 is 32.2. The van der Waals surface area contributed by atoms with Gasteiger partial charge in [-0.1, -0.05) is 6.92 Å². The Morgan fingerprint density at radius 2 is 2.25 bits per heavy atom. The number of hydrogen-bond donors (Lipinski definition) is 1. The third-order valence-corrected chi connectivity index (χ3v) is 5.08. The van der Waals surface area contributed by atoms with Crippen LogP contribution in [0.5, 0.6) is 0 Å². The molecule has 1 aliphatic heterocycles. The van der Waals surface area contributed by atoms with Crippen LogP contribution in [0.2, 0.25) is 0 Å². The van der Waals surface area contributed by atoms with Gasteiger partial charge in [0.1, 0.15) is 4.90 Å². The minimum absolute atomic E-state index is 0.246. The summed E-state index contributed by atoms with van der Waals surface area (Å²) in [5, 5.41) is 3.15. The van der Waals surface area contributed by atoms with Gasteiger partial charge in [0.25, 0.3) is 0 Å². The summed E-state index contributed by atoms with van der Waals surface area (Å²) in [7, 11) is -3.52. The van der Waals surface area contributed by atoms with Gasteiger partial charge in [-0.2, -0.15) is 4.31 Å². The summed E-state index contributed by atoms with van der Waals surface area (Å²) in [4.78, 5) is 4.21. The highest BCUT2D eigenvalue weighted by atomic mass is 32.2. The molecule has 1 N–H and O–H groups in total. The smallest absolute Gasteiger partial charge is 0.246 e. The van der Waals surface area contributed by atoms with Crippen molar-refractivity contribution in [3.63, 3.8) is 0 Å². The SMILES string of the molecule is CCCNc1ccncc1S(=O)(=O)N1CCCOCC1. The molecule has 2 rings (SSSR count). The van der Waals surface area contributed by atoms with Gasteiger partial charge in [0, 0.05) is 38.6 Å². The Labute approximate surface area is 120 Å². The van der Waals surface area contributed by atoms with Gasteiger partial charge in [0.2, 0.25) is 10.0 Å². The van der Waals surface area contributed by atoms with Crippen LogP contribution in [0.1, 0.15) is 19.8 Å². The Hall–Kier alpha value is -1.18. The van der Waals surface area contributed by atoms with E-state index in [0.717, 1.165) is 19.4 Å². The summed E-state index contributed by atoms with van der Waals surface area (Å²) in [6, 6.07) is 1.71. The molecular formula is C13H21N3O3S. The molecule has 0 radical (unpaired) electrons. The predicted molar refractivity (Wildman–Crippen MR) is 77.2 cm³/mol. The van der Waals surface area contributed by atoms with Gasteiger partial charge >= 0.3 is 0 Å². The van der Waals surface area contributed by atoms with E-state index in [2.05, 4.69) is 10.3 Å². The Kier molecular flexibility index (Phi) is 5.33. The quantitative estimate of drug-likeness (QED) is 0.887. The molecule has 1 fully saturated rings. The van der Waals surface area contributed by atoms with E-state index in [-0.39, 0.29) is 4.90 Å². The Morgan fingerprint density at radius 3 is 3.05 bits per heavy atom. The number of aromatic nitrogens is 1. The van der Waals surface area contributed by atoms with E-state index >= 15 is 0 Å². The first-order valence-electron chi connectivity index (χ1n) is 6.92. The first-order chi connectivity index (χ1) is 9.66. The molecule has 0 spiro atoms. The van der Waals surface area contributed by atoms with E-state index in [9.17, 15) is 8.42 Å². The van der Waals surface area contributed by atoms with Crippen LogP contribution in [0.4, 0.5) is 5.69 Å². The second-order valence-corrected chi connectivity index (χ2v) is 6.57. The number of pyridine rings is 1. The van der Waals surface area contributed by atoms with Gasteiger partial charge in [0.05, 0.1) is 12.3 Å². The van der Waals surface area contributed by atoms with Crippen LogP contribution in [-0.2, 0) is 14.8 Å². The van der Waals surface area contributed by atoms with E-state index in [0.29, 0.717) is 32.0 Å². The molecule has 7 heteroatoms. The van der Waals surface area contributed by atoms with Crippen molar-refractivity contribution in [2.75, 3.05) is 38.2 Å². The van der Waals surface area contributed by atoms with E-state index in [1.54, 1.807) is 12.3 Å². The lowest BCUT2D eigenvalue weighted by atomic mass is 10.4. The summed E-state index contributed by atoms with van der Waals surface area (Å²) in [6.07, 6.45) is 4.66. The van der Waals surface area contributed by atoms with Crippen LogP contribution < -0.4 is 5.32 Å². The zero-order chi connectivity index (χ0) is 14.4. The zero-order valence-corrected chi connectivity index (χ0v) is 12.5. The molecule has 1 aromatic heterocycles. The maximum absolute atomic E-state index is 12.7. The first-order valence-corrected chi connectivity index (χ1v) is 8.36. The van der Waals surface area contributed by atoms with E-state index in [1.165, 1.54) is 10.5 Å². The maximum atomic E-state index is 12.7. The number of ether oxygens (including phenoxy) is 1. The zero-order valence-electron chi connectivity index (χ0n) is 11.7. The second-order valence-electron chi connectivity index (χ2n) is 4.67. The largest absolute Gasteiger partial charge is 0.384 e. The maximum Gasteiger partial charge on any atom is 0.246 e. The third kappa shape index (κ3) is 3.47. The minimum Gasteiger partial charge on any atom is -0.384 e. The van der Waals surface area contributed by atoms with Crippen molar-refractivity contribution in [1.29, 1.82) is 0 Å². The molecule has 0 bridgehead atoms. The highest BCUT2D eigenvalue weighted by molar-refractivity contribution is 7.89. The summed E-state index contributed by atoms with van der Waals surface area (Å²) in [5.41, 5.74) is 0.618. The fraction of sp³-hybridized carbons (Fsp3) is 0.615. The van der Waals surface area contributed by atoms with Gasteiger partial charge < -0.3 is 10.1 Å². The minimum atomic E-state index is -3.52. The van der Waals surface area contributed by atoms with E-state index in [4.69, 9.17) is 4.74 Å². The summed E-state index contributed by atoms with van der Waals surface area (Å²) in [6.45, 7) is 4.70. The van der Waals surface area contributed by atoms with Crippen LogP contribution in [0.25, 0.3) is 0 Å². The van der Waals surface area contributed by atoms with Crippen LogP contribution in [-0.4, -0.2) is 50.6 Å². The average molecular weight is 299 g/mol. The lowest BCUT2D eigenvalue weighted by Gasteiger charge is -2.21. The highest BCUT2D eigenvalue weighted by Crippen LogP contribution is 2.24. The number of hydrogen-bond acceptors (Lipinski definition) is 5. The van der Waals surface area contributed by atoms with E-state index in [1.807, 2.05) is 6.92 Å². The van der Waals surface area contributed by atoms with Crippen LogP contribution in [0, 0.1) is 0 Å². The molecule has 0 saturated carbocycles. The number of sulfonamides is 1. The van der Waals surface area contributed by atoms with Gasteiger partial charge in [-0.15, -0.1) is 0 Å². The number of anilines is 1. The molecular weight excluding hydrogens is 278 g/mol. The molecule has 0 aliphatic carbocycles. The molecule has 20 heavy (non-hydrogen) atoms. The monoisotopic (exact) mass is 299 g/mol.